The summed E-state index contributed by atoms with van der Waals surface area (Å²) in [6.45, 7) is 7.20. The fraction of sp³-hybridized carbons (Fsp3) is 0.552. The average Bonchev–Trinajstić information content (AvgIpc) is 2.83. The number of halogens is 2. The molecule has 0 saturated heterocycles. The molecule has 0 aliphatic rings. The first kappa shape index (κ1) is 27.2. The third kappa shape index (κ3) is 7.55. The monoisotopic (exact) mass is 502 g/mol. The molecule has 0 fully saturated rings. The highest BCUT2D eigenvalue weighted by Crippen LogP contribution is 2.36. The van der Waals surface area contributed by atoms with E-state index in [-0.39, 0.29) is 0 Å². The summed E-state index contributed by atoms with van der Waals surface area (Å²) in [6, 6.07) is 9.66. The Morgan fingerprint density at radius 1 is 0.824 bits per heavy atom. The number of aliphatic hydroxyl groups excluding tert-OH is 1. The van der Waals surface area contributed by atoms with Crippen molar-refractivity contribution in [2.75, 3.05) is 19.6 Å². The predicted octanol–water partition coefficient (Wildman–Crippen LogP) is 8.97. The summed E-state index contributed by atoms with van der Waals surface area (Å²) in [6.07, 6.45) is 13.8. The molecule has 1 N–H and O–H groups in total. The van der Waals surface area contributed by atoms with Crippen molar-refractivity contribution in [2.24, 2.45) is 0 Å². The molecule has 0 saturated carbocycles. The Labute approximate surface area is 215 Å². The van der Waals surface area contributed by atoms with E-state index in [4.69, 9.17) is 23.2 Å². The summed E-state index contributed by atoms with van der Waals surface area (Å²) < 4.78 is 0. The van der Waals surface area contributed by atoms with Crippen LogP contribution in [0, 0.1) is 0 Å². The Morgan fingerprint density at radius 3 is 2.12 bits per heavy atom. The van der Waals surface area contributed by atoms with E-state index in [0.717, 1.165) is 40.3 Å². The lowest BCUT2D eigenvalue weighted by molar-refractivity contribution is 0.111. The molecule has 0 spiro atoms. The van der Waals surface area contributed by atoms with Crippen molar-refractivity contribution in [3.8, 4) is 0 Å². The number of pyridine rings is 1. The van der Waals surface area contributed by atoms with Gasteiger partial charge in [-0.25, -0.2) is 0 Å². The molecular weight excluding hydrogens is 463 g/mol. The molecule has 0 aliphatic heterocycles. The zero-order valence-corrected chi connectivity index (χ0v) is 22.3. The quantitative estimate of drug-likeness (QED) is 0.166. The van der Waals surface area contributed by atoms with Crippen LogP contribution in [0.2, 0.25) is 10.0 Å². The Kier molecular flexibility index (Phi) is 11.4. The standard InChI is InChI=1S/C29H40Cl2N2O/c1-3-5-7-9-11-16-33(17-12-10-8-6-4-2)21-28(34)25-20-24-26(18-22(30)19-27(24)31)29-23(25)14-13-15-32-29/h13-15,18-20,28,34H,3-12,16-17,21H2,1-2H3. The first-order chi connectivity index (χ1) is 16.5. The molecule has 0 bridgehead atoms. The number of aliphatic hydroxyl groups is 1. The molecule has 5 heteroatoms. The normalized spacial score (nSPS) is 12.8. The first-order valence-electron chi connectivity index (χ1n) is 13.1. The minimum atomic E-state index is -0.603. The van der Waals surface area contributed by atoms with Gasteiger partial charge in [-0.15, -0.1) is 0 Å². The number of unbranched alkanes of at least 4 members (excludes halogenated alkanes) is 8. The lowest BCUT2D eigenvalue weighted by Crippen LogP contribution is -2.31. The van der Waals surface area contributed by atoms with Crippen LogP contribution in [0.15, 0.2) is 36.5 Å². The highest BCUT2D eigenvalue weighted by Gasteiger charge is 2.19. The van der Waals surface area contributed by atoms with Crippen molar-refractivity contribution in [3.05, 3.63) is 52.1 Å². The summed E-state index contributed by atoms with van der Waals surface area (Å²) in [5, 5.41) is 15.4. The van der Waals surface area contributed by atoms with Crippen molar-refractivity contribution in [1.82, 2.24) is 9.88 Å². The van der Waals surface area contributed by atoms with E-state index in [1.165, 1.54) is 64.2 Å². The van der Waals surface area contributed by atoms with Gasteiger partial charge in [-0.2, -0.15) is 0 Å². The lowest BCUT2D eigenvalue weighted by Gasteiger charge is -2.26. The zero-order valence-electron chi connectivity index (χ0n) is 20.8. The van der Waals surface area contributed by atoms with E-state index in [0.29, 0.717) is 16.6 Å². The van der Waals surface area contributed by atoms with Gasteiger partial charge in [0.25, 0.3) is 0 Å². The maximum atomic E-state index is 11.4. The lowest BCUT2D eigenvalue weighted by atomic mass is 9.97. The largest absolute Gasteiger partial charge is 0.387 e. The summed E-state index contributed by atoms with van der Waals surface area (Å²) in [5.41, 5.74) is 1.73. The number of benzene rings is 2. The van der Waals surface area contributed by atoms with E-state index in [1.807, 2.05) is 24.3 Å². The maximum absolute atomic E-state index is 11.4. The Bertz CT molecular complexity index is 1030. The minimum absolute atomic E-state index is 0.590. The molecule has 3 rings (SSSR count). The van der Waals surface area contributed by atoms with Crippen LogP contribution in [0.25, 0.3) is 21.7 Å². The van der Waals surface area contributed by atoms with Gasteiger partial charge in [0.1, 0.15) is 0 Å². The van der Waals surface area contributed by atoms with Gasteiger partial charge < -0.3 is 10.0 Å². The Balaban J connectivity index is 1.80. The van der Waals surface area contributed by atoms with Crippen molar-refractivity contribution < 1.29 is 5.11 Å². The van der Waals surface area contributed by atoms with Crippen LogP contribution in [0.5, 0.6) is 0 Å². The fourth-order valence-electron chi connectivity index (χ4n) is 4.80. The third-order valence-corrected chi connectivity index (χ3v) is 7.24. The van der Waals surface area contributed by atoms with Crippen LogP contribution in [-0.2, 0) is 0 Å². The van der Waals surface area contributed by atoms with Crippen molar-refractivity contribution in [2.45, 2.75) is 84.2 Å². The molecular formula is C29H40Cl2N2O. The first-order valence-corrected chi connectivity index (χ1v) is 13.9. The number of hydrogen-bond donors (Lipinski definition) is 1. The molecule has 1 atom stereocenters. The van der Waals surface area contributed by atoms with Gasteiger partial charge in [-0.1, -0.05) is 94.5 Å². The number of nitrogens with zero attached hydrogens (tertiary/aromatic N) is 2. The van der Waals surface area contributed by atoms with Crippen molar-refractivity contribution >= 4 is 44.9 Å². The smallest absolute Gasteiger partial charge is 0.0923 e. The highest BCUT2D eigenvalue weighted by atomic mass is 35.5. The Morgan fingerprint density at radius 2 is 1.47 bits per heavy atom. The van der Waals surface area contributed by atoms with Crippen LogP contribution in [0.3, 0.4) is 0 Å². The molecule has 3 aromatic rings. The fourth-order valence-corrected chi connectivity index (χ4v) is 5.35. The van der Waals surface area contributed by atoms with E-state index in [1.54, 1.807) is 12.3 Å². The van der Waals surface area contributed by atoms with Crippen LogP contribution in [0.4, 0.5) is 0 Å². The second kappa shape index (κ2) is 14.2. The van der Waals surface area contributed by atoms with Gasteiger partial charge in [-0.3, -0.25) is 4.98 Å². The van der Waals surface area contributed by atoms with Crippen LogP contribution in [0.1, 0.15) is 89.7 Å². The second-order valence-corrected chi connectivity index (χ2v) is 10.3. The third-order valence-electron chi connectivity index (χ3n) is 6.71. The Hall–Kier alpha value is -1.39. The van der Waals surface area contributed by atoms with E-state index >= 15 is 0 Å². The molecule has 0 aliphatic carbocycles. The molecule has 1 aromatic heterocycles. The maximum Gasteiger partial charge on any atom is 0.0923 e. The van der Waals surface area contributed by atoms with Crippen LogP contribution < -0.4 is 0 Å². The second-order valence-electron chi connectivity index (χ2n) is 9.49. The molecule has 1 unspecified atom stereocenters. The van der Waals surface area contributed by atoms with Gasteiger partial charge >= 0.3 is 0 Å². The summed E-state index contributed by atoms with van der Waals surface area (Å²) in [4.78, 5) is 7.08. The van der Waals surface area contributed by atoms with Crippen molar-refractivity contribution in [3.63, 3.8) is 0 Å². The molecule has 2 aromatic carbocycles. The summed E-state index contributed by atoms with van der Waals surface area (Å²) in [5.74, 6) is 0. The van der Waals surface area contributed by atoms with Gasteiger partial charge in [0.15, 0.2) is 0 Å². The molecule has 34 heavy (non-hydrogen) atoms. The van der Waals surface area contributed by atoms with Crippen LogP contribution >= 0.6 is 23.2 Å². The van der Waals surface area contributed by atoms with E-state index in [9.17, 15) is 5.11 Å². The van der Waals surface area contributed by atoms with Gasteiger partial charge in [0.05, 0.1) is 11.6 Å². The highest BCUT2D eigenvalue weighted by molar-refractivity contribution is 6.39. The molecule has 1 heterocycles. The predicted molar refractivity (Wildman–Crippen MR) is 148 cm³/mol. The topological polar surface area (TPSA) is 36.4 Å². The van der Waals surface area contributed by atoms with Crippen LogP contribution in [-0.4, -0.2) is 34.6 Å². The zero-order chi connectivity index (χ0) is 24.3. The number of rotatable bonds is 15. The van der Waals surface area contributed by atoms with Gasteiger partial charge in [0.2, 0.25) is 0 Å². The van der Waals surface area contributed by atoms with Gasteiger partial charge in [0, 0.05) is 38.9 Å². The molecule has 0 radical (unpaired) electrons. The van der Waals surface area contributed by atoms with E-state index in [2.05, 4.69) is 23.7 Å². The average molecular weight is 504 g/mol. The summed E-state index contributed by atoms with van der Waals surface area (Å²) >= 11 is 12.8. The molecule has 3 nitrogen and oxygen atoms in total. The number of fused-ring (bicyclic) bond motifs is 3. The minimum Gasteiger partial charge on any atom is -0.387 e. The number of aromatic nitrogens is 1. The molecule has 186 valence electrons. The summed E-state index contributed by atoms with van der Waals surface area (Å²) in [7, 11) is 0. The van der Waals surface area contributed by atoms with Gasteiger partial charge in [-0.05, 0) is 55.8 Å². The number of hydrogen-bond acceptors (Lipinski definition) is 3. The van der Waals surface area contributed by atoms with E-state index < -0.39 is 6.10 Å². The SMILES string of the molecule is CCCCCCCN(CCCCCCC)CC(O)c1cc2c(Cl)cc(Cl)cc2c2ncccc12. The van der Waals surface area contributed by atoms with Crippen molar-refractivity contribution in [1.29, 1.82) is 0 Å². The molecule has 0 amide bonds.